The van der Waals surface area contributed by atoms with Gasteiger partial charge in [0, 0.05) is 12.6 Å². The number of carbonyl (C=O) groups is 1. The maximum atomic E-state index is 11.3. The van der Waals surface area contributed by atoms with Gasteiger partial charge in [0.15, 0.2) is 11.0 Å². The van der Waals surface area contributed by atoms with Gasteiger partial charge in [0.2, 0.25) is 11.2 Å². The highest BCUT2D eigenvalue weighted by atomic mass is 35.5. The summed E-state index contributed by atoms with van der Waals surface area (Å²) in [4.78, 5) is 17.3. The van der Waals surface area contributed by atoms with Gasteiger partial charge in [0.25, 0.3) is 0 Å². The summed E-state index contributed by atoms with van der Waals surface area (Å²) in [6.07, 6.45) is 1.61. The fourth-order valence-electron chi connectivity index (χ4n) is 2.10. The first-order chi connectivity index (χ1) is 8.49. The van der Waals surface area contributed by atoms with E-state index in [2.05, 4.69) is 15.2 Å². The van der Waals surface area contributed by atoms with E-state index < -0.39 is 0 Å². The van der Waals surface area contributed by atoms with E-state index in [-0.39, 0.29) is 28.3 Å². The van der Waals surface area contributed by atoms with E-state index in [0.717, 1.165) is 12.8 Å². The van der Waals surface area contributed by atoms with Crippen molar-refractivity contribution in [2.75, 3.05) is 11.4 Å². The first-order valence-corrected chi connectivity index (χ1v) is 6.36. The summed E-state index contributed by atoms with van der Waals surface area (Å²) in [5.41, 5.74) is 5.35. The Morgan fingerprint density at radius 2 is 2.11 bits per heavy atom. The van der Waals surface area contributed by atoms with Crippen LogP contribution in [-0.4, -0.2) is 33.7 Å². The molecular weight excluding hydrogens is 277 g/mol. The first kappa shape index (κ1) is 13.3. The van der Waals surface area contributed by atoms with E-state index in [1.54, 1.807) is 0 Å². The van der Waals surface area contributed by atoms with Crippen LogP contribution in [0.25, 0.3) is 0 Å². The minimum absolute atomic E-state index is 0.0304. The van der Waals surface area contributed by atoms with E-state index >= 15 is 0 Å². The maximum Gasteiger partial charge on any atom is 0.245 e. The zero-order valence-electron chi connectivity index (χ0n) is 9.81. The van der Waals surface area contributed by atoms with Crippen LogP contribution in [0.15, 0.2) is 0 Å². The minimum Gasteiger partial charge on any atom is -0.369 e. The third-order valence-corrected chi connectivity index (χ3v) is 3.56. The molecule has 18 heavy (non-hydrogen) atoms. The number of piperidine rings is 1. The van der Waals surface area contributed by atoms with E-state index in [1.165, 1.54) is 0 Å². The summed E-state index contributed by atoms with van der Waals surface area (Å²) in [6, 6.07) is 0.200. The lowest BCUT2D eigenvalue weighted by Crippen LogP contribution is -2.46. The molecule has 2 heterocycles. The monoisotopic (exact) mass is 289 g/mol. The van der Waals surface area contributed by atoms with Crippen molar-refractivity contribution < 1.29 is 4.79 Å². The summed E-state index contributed by atoms with van der Waals surface area (Å²) in [5.74, 6) is -0.0581. The molecule has 8 heteroatoms. The smallest absolute Gasteiger partial charge is 0.245 e. The number of primary amides is 1. The van der Waals surface area contributed by atoms with Crippen LogP contribution in [0.3, 0.4) is 0 Å². The lowest BCUT2D eigenvalue weighted by Gasteiger charge is -2.37. The van der Waals surface area contributed by atoms with Gasteiger partial charge in [-0.25, -0.2) is 0 Å². The molecule has 2 N–H and O–H groups in total. The molecule has 6 nitrogen and oxygen atoms in total. The van der Waals surface area contributed by atoms with Crippen molar-refractivity contribution in [3.8, 4) is 0 Å². The average molecular weight is 290 g/mol. The number of hydrogen-bond donors (Lipinski definition) is 1. The Morgan fingerprint density at radius 3 is 2.78 bits per heavy atom. The van der Waals surface area contributed by atoms with Gasteiger partial charge in [-0.15, -0.1) is 10.2 Å². The SMILES string of the molecule is CC1CCC(C(N)=O)CN1c1nc(Cl)nnc1Cl. The Bertz CT molecular complexity index is 470. The molecular formula is C10H13Cl2N5O. The zero-order chi connectivity index (χ0) is 13.3. The van der Waals surface area contributed by atoms with Crippen molar-refractivity contribution in [3.05, 3.63) is 10.4 Å². The molecule has 1 saturated heterocycles. The van der Waals surface area contributed by atoms with Crippen LogP contribution in [0, 0.1) is 5.92 Å². The summed E-state index contributed by atoms with van der Waals surface area (Å²) in [7, 11) is 0. The van der Waals surface area contributed by atoms with Gasteiger partial charge in [-0.3, -0.25) is 4.79 Å². The van der Waals surface area contributed by atoms with Gasteiger partial charge in [0.1, 0.15) is 0 Å². The molecule has 0 saturated carbocycles. The molecule has 2 rings (SSSR count). The molecule has 1 aromatic rings. The second kappa shape index (κ2) is 5.24. The second-order valence-electron chi connectivity index (χ2n) is 4.37. The summed E-state index contributed by atoms with van der Waals surface area (Å²) < 4.78 is 0. The largest absolute Gasteiger partial charge is 0.369 e. The molecule has 0 radical (unpaired) electrons. The van der Waals surface area contributed by atoms with Crippen molar-refractivity contribution in [2.45, 2.75) is 25.8 Å². The van der Waals surface area contributed by atoms with Crippen LogP contribution in [-0.2, 0) is 4.79 Å². The fourth-order valence-corrected chi connectivity index (χ4v) is 2.41. The number of nitrogens with two attached hydrogens (primary N) is 1. The van der Waals surface area contributed by atoms with Gasteiger partial charge in [-0.2, -0.15) is 4.98 Å². The Morgan fingerprint density at radius 1 is 1.39 bits per heavy atom. The topological polar surface area (TPSA) is 85.0 Å². The van der Waals surface area contributed by atoms with Crippen molar-refractivity contribution in [2.24, 2.45) is 11.7 Å². The van der Waals surface area contributed by atoms with Crippen molar-refractivity contribution in [1.29, 1.82) is 0 Å². The van der Waals surface area contributed by atoms with E-state index in [0.29, 0.717) is 12.4 Å². The highest BCUT2D eigenvalue weighted by Crippen LogP contribution is 2.30. The first-order valence-electron chi connectivity index (χ1n) is 5.60. The molecule has 1 aliphatic rings. The summed E-state index contributed by atoms with van der Waals surface area (Å²) >= 11 is 11.7. The Balaban J connectivity index is 2.29. The van der Waals surface area contributed by atoms with E-state index in [1.807, 2.05) is 11.8 Å². The summed E-state index contributed by atoms with van der Waals surface area (Å²) in [6.45, 7) is 2.51. The number of rotatable bonds is 2. The van der Waals surface area contributed by atoms with Crippen molar-refractivity contribution in [1.82, 2.24) is 15.2 Å². The van der Waals surface area contributed by atoms with Gasteiger partial charge in [-0.05, 0) is 31.4 Å². The number of hydrogen-bond acceptors (Lipinski definition) is 5. The molecule has 1 aromatic heterocycles. The Kier molecular flexibility index (Phi) is 3.87. The number of nitrogens with zero attached hydrogens (tertiary/aromatic N) is 4. The van der Waals surface area contributed by atoms with Gasteiger partial charge >= 0.3 is 0 Å². The predicted octanol–water partition coefficient (Wildman–Crippen LogP) is 1.27. The number of anilines is 1. The van der Waals surface area contributed by atoms with Crippen LogP contribution in [0.5, 0.6) is 0 Å². The molecule has 1 fully saturated rings. The van der Waals surface area contributed by atoms with Crippen molar-refractivity contribution >= 4 is 34.9 Å². The molecule has 2 unspecified atom stereocenters. The average Bonchev–Trinajstić information content (AvgIpc) is 2.33. The van der Waals surface area contributed by atoms with Gasteiger partial charge in [0.05, 0.1) is 5.92 Å². The molecule has 2 atom stereocenters. The van der Waals surface area contributed by atoms with Crippen LogP contribution < -0.4 is 10.6 Å². The van der Waals surface area contributed by atoms with Gasteiger partial charge in [-0.1, -0.05) is 11.6 Å². The standard InChI is InChI=1S/C10H13Cl2N5O/c1-5-2-3-6(8(13)18)4-17(5)9-7(11)15-16-10(12)14-9/h5-6H,2-4H2,1H3,(H2,13,18). The van der Waals surface area contributed by atoms with Crippen LogP contribution in [0.4, 0.5) is 5.82 Å². The van der Waals surface area contributed by atoms with E-state index in [9.17, 15) is 4.79 Å². The Labute approximate surface area is 114 Å². The zero-order valence-corrected chi connectivity index (χ0v) is 11.3. The van der Waals surface area contributed by atoms with Crippen molar-refractivity contribution in [3.63, 3.8) is 0 Å². The fraction of sp³-hybridized carbons (Fsp3) is 0.600. The summed E-state index contributed by atoms with van der Waals surface area (Å²) in [5, 5.41) is 7.50. The highest BCUT2D eigenvalue weighted by molar-refractivity contribution is 6.32. The normalized spacial score (nSPS) is 24.1. The minimum atomic E-state index is -0.309. The second-order valence-corrected chi connectivity index (χ2v) is 5.07. The number of aromatic nitrogens is 3. The molecule has 0 bridgehead atoms. The number of halogens is 2. The quantitative estimate of drug-likeness (QED) is 0.886. The molecule has 0 aromatic carbocycles. The van der Waals surface area contributed by atoms with Crippen LogP contribution in [0.1, 0.15) is 19.8 Å². The Hall–Kier alpha value is -1.14. The van der Waals surface area contributed by atoms with E-state index in [4.69, 9.17) is 28.9 Å². The lowest BCUT2D eigenvalue weighted by atomic mass is 9.93. The third-order valence-electron chi connectivity index (χ3n) is 3.16. The molecule has 1 amide bonds. The number of carbonyl (C=O) groups excluding carboxylic acids is 1. The van der Waals surface area contributed by atoms with Crippen LogP contribution >= 0.6 is 23.2 Å². The van der Waals surface area contributed by atoms with Gasteiger partial charge < -0.3 is 10.6 Å². The number of amides is 1. The highest BCUT2D eigenvalue weighted by Gasteiger charge is 2.31. The van der Waals surface area contributed by atoms with Crippen LogP contribution in [0.2, 0.25) is 10.4 Å². The maximum absolute atomic E-state index is 11.3. The molecule has 0 aliphatic carbocycles. The molecule has 98 valence electrons. The molecule has 1 aliphatic heterocycles. The predicted molar refractivity (Wildman–Crippen MR) is 68.6 cm³/mol. The third kappa shape index (κ3) is 2.64. The molecule has 0 spiro atoms. The lowest BCUT2D eigenvalue weighted by molar-refractivity contribution is -0.122.